The van der Waals surface area contributed by atoms with Crippen LogP contribution < -0.4 is 5.32 Å². The zero-order valence-electron chi connectivity index (χ0n) is 14.1. The van der Waals surface area contributed by atoms with Crippen LogP contribution in [0, 0.1) is 17.8 Å². The van der Waals surface area contributed by atoms with Crippen molar-refractivity contribution in [2.75, 3.05) is 0 Å². The molecule has 2 fully saturated rings. The van der Waals surface area contributed by atoms with Crippen LogP contribution in [0.1, 0.15) is 44.2 Å². The summed E-state index contributed by atoms with van der Waals surface area (Å²) in [4.78, 5) is 16.9. The maximum atomic E-state index is 12.4. The number of carbonyl (C=O) groups excluding carboxylic acids is 1. The zero-order valence-corrected chi connectivity index (χ0v) is 14.9. The van der Waals surface area contributed by atoms with Gasteiger partial charge in [-0.2, -0.15) is 5.10 Å². The highest BCUT2D eigenvalue weighted by Gasteiger charge is 2.47. The summed E-state index contributed by atoms with van der Waals surface area (Å²) in [5.41, 5.74) is 1.81. The van der Waals surface area contributed by atoms with Crippen molar-refractivity contribution in [3.63, 3.8) is 0 Å². The lowest BCUT2D eigenvalue weighted by Gasteiger charge is -2.21. The number of hydrogen-bond acceptors (Lipinski definition) is 4. The highest BCUT2D eigenvalue weighted by molar-refractivity contribution is 7.13. The molecule has 2 atom stereocenters. The molecule has 0 bridgehead atoms. The lowest BCUT2D eigenvalue weighted by molar-refractivity contribution is -0.123. The predicted molar refractivity (Wildman–Crippen MR) is 94.3 cm³/mol. The normalized spacial score (nSPS) is 24.0. The third kappa shape index (κ3) is 3.38. The summed E-state index contributed by atoms with van der Waals surface area (Å²) >= 11 is 1.58. The smallest absolute Gasteiger partial charge is 0.223 e. The summed E-state index contributed by atoms with van der Waals surface area (Å²) in [6, 6.07) is 1.96. The minimum Gasteiger partial charge on any atom is -0.350 e. The largest absolute Gasteiger partial charge is 0.350 e. The Morgan fingerprint density at radius 2 is 2.21 bits per heavy atom. The van der Waals surface area contributed by atoms with Crippen molar-refractivity contribution in [3.8, 4) is 10.7 Å². The predicted octanol–water partition coefficient (Wildman–Crippen LogP) is 3.38. The monoisotopic (exact) mass is 344 g/mol. The number of amides is 1. The molecule has 0 aromatic carbocycles. The van der Waals surface area contributed by atoms with E-state index in [1.807, 2.05) is 24.7 Å². The summed E-state index contributed by atoms with van der Waals surface area (Å²) in [6.07, 6.45) is 9.74. The minimum absolute atomic E-state index is 0.220. The second-order valence-electron chi connectivity index (χ2n) is 7.14. The van der Waals surface area contributed by atoms with Crippen LogP contribution in [0.3, 0.4) is 0 Å². The Hall–Kier alpha value is -1.69. The number of nitrogens with zero attached hydrogens (tertiary/aromatic N) is 3. The maximum Gasteiger partial charge on any atom is 0.223 e. The Labute approximate surface area is 146 Å². The molecule has 2 heterocycles. The number of hydrogen-bond donors (Lipinski definition) is 1. The highest BCUT2D eigenvalue weighted by Crippen LogP contribution is 2.49. The molecule has 24 heavy (non-hydrogen) atoms. The van der Waals surface area contributed by atoms with Crippen molar-refractivity contribution < 1.29 is 4.79 Å². The van der Waals surface area contributed by atoms with Crippen LogP contribution in [0.4, 0.5) is 0 Å². The van der Waals surface area contributed by atoms with Crippen LogP contribution in [-0.2, 0) is 18.4 Å². The van der Waals surface area contributed by atoms with E-state index in [4.69, 9.17) is 0 Å². The molecule has 2 aliphatic carbocycles. The second kappa shape index (κ2) is 6.67. The molecule has 5 nitrogen and oxygen atoms in total. The van der Waals surface area contributed by atoms with Crippen LogP contribution >= 0.6 is 11.3 Å². The van der Waals surface area contributed by atoms with Gasteiger partial charge in [-0.3, -0.25) is 9.48 Å². The highest BCUT2D eigenvalue weighted by atomic mass is 32.1. The molecular formula is C18H24N4OS. The first-order valence-corrected chi connectivity index (χ1v) is 9.81. The average Bonchev–Trinajstić information content (AvgIpc) is 3.06. The first-order valence-electron chi connectivity index (χ1n) is 8.93. The topological polar surface area (TPSA) is 59.8 Å². The molecule has 2 aliphatic rings. The van der Waals surface area contributed by atoms with Gasteiger partial charge in [0.05, 0.1) is 12.2 Å². The molecule has 2 aromatic heterocycles. The van der Waals surface area contributed by atoms with Gasteiger partial charge in [-0.1, -0.05) is 32.1 Å². The van der Waals surface area contributed by atoms with E-state index in [-0.39, 0.29) is 11.8 Å². The molecule has 0 spiro atoms. The van der Waals surface area contributed by atoms with E-state index in [0.717, 1.165) is 28.7 Å². The van der Waals surface area contributed by atoms with E-state index in [1.165, 1.54) is 32.1 Å². The molecular weight excluding hydrogens is 320 g/mol. The fourth-order valence-corrected chi connectivity index (χ4v) is 4.73. The van der Waals surface area contributed by atoms with Gasteiger partial charge >= 0.3 is 0 Å². The number of aromatic nitrogens is 3. The van der Waals surface area contributed by atoms with Crippen molar-refractivity contribution in [3.05, 3.63) is 23.3 Å². The fraction of sp³-hybridized carbons (Fsp3) is 0.611. The molecule has 2 unspecified atom stereocenters. The molecule has 1 N–H and O–H groups in total. The average molecular weight is 344 g/mol. The van der Waals surface area contributed by atoms with Gasteiger partial charge in [0.25, 0.3) is 0 Å². The van der Waals surface area contributed by atoms with Crippen molar-refractivity contribution in [1.29, 1.82) is 0 Å². The van der Waals surface area contributed by atoms with Crippen molar-refractivity contribution in [1.82, 2.24) is 20.1 Å². The van der Waals surface area contributed by atoms with E-state index in [2.05, 4.69) is 15.4 Å². The van der Waals surface area contributed by atoms with Gasteiger partial charge < -0.3 is 5.32 Å². The number of carbonyl (C=O) groups is 1. The second-order valence-corrected chi connectivity index (χ2v) is 8.00. The van der Waals surface area contributed by atoms with Gasteiger partial charge in [-0.15, -0.1) is 11.3 Å². The first-order chi connectivity index (χ1) is 11.7. The van der Waals surface area contributed by atoms with Gasteiger partial charge in [0.1, 0.15) is 10.7 Å². The van der Waals surface area contributed by atoms with Crippen LogP contribution in [0.2, 0.25) is 0 Å². The van der Waals surface area contributed by atoms with Crippen LogP contribution in [0.15, 0.2) is 17.6 Å². The summed E-state index contributed by atoms with van der Waals surface area (Å²) < 4.78 is 1.77. The summed E-state index contributed by atoms with van der Waals surface area (Å²) in [5, 5.41) is 10.4. The van der Waals surface area contributed by atoms with E-state index >= 15 is 0 Å². The Kier molecular flexibility index (Phi) is 4.39. The van der Waals surface area contributed by atoms with E-state index in [0.29, 0.717) is 12.5 Å². The van der Waals surface area contributed by atoms with Gasteiger partial charge in [-0.25, -0.2) is 4.98 Å². The van der Waals surface area contributed by atoms with Crippen molar-refractivity contribution >= 4 is 17.2 Å². The van der Waals surface area contributed by atoms with E-state index in [9.17, 15) is 4.79 Å². The molecule has 128 valence electrons. The third-order valence-corrected chi connectivity index (χ3v) is 6.27. The first kappa shape index (κ1) is 15.8. The quantitative estimate of drug-likeness (QED) is 0.904. The standard InChI is InChI=1S/C18H24N4OS/c1-22-8-7-16(21-22)18-20-13(11-24-18)10-19-17(23)15-9-14(15)12-5-3-2-4-6-12/h7-8,11-12,14-15H,2-6,9-10H2,1H3,(H,19,23). The molecule has 2 saturated carbocycles. The molecule has 4 rings (SSSR count). The van der Waals surface area contributed by atoms with Gasteiger partial charge in [0.15, 0.2) is 0 Å². The van der Waals surface area contributed by atoms with Crippen molar-refractivity contribution in [2.24, 2.45) is 24.8 Å². The molecule has 1 amide bonds. The SMILES string of the molecule is Cn1ccc(-c2nc(CNC(=O)C3CC3C3CCCCC3)cs2)n1. The van der Waals surface area contributed by atoms with Crippen LogP contribution in [0.5, 0.6) is 0 Å². The van der Waals surface area contributed by atoms with E-state index in [1.54, 1.807) is 16.0 Å². The molecule has 6 heteroatoms. The van der Waals surface area contributed by atoms with Crippen LogP contribution in [0.25, 0.3) is 10.7 Å². The molecule has 0 aliphatic heterocycles. The van der Waals surface area contributed by atoms with Gasteiger partial charge in [-0.05, 0) is 24.3 Å². The third-order valence-electron chi connectivity index (χ3n) is 5.36. The lowest BCUT2D eigenvalue weighted by Crippen LogP contribution is -2.26. The Morgan fingerprint density at radius 3 is 2.96 bits per heavy atom. The Balaban J connectivity index is 1.28. The number of thiazole rings is 1. The molecule has 2 aromatic rings. The van der Waals surface area contributed by atoms with Gasteiger partial charge in [0, 0.05) is 24.5 Å². The van der Waals surface area contributed by atoms with Gasteiger partial charge in [0.2, 0.25) is 5.91 Å². The Morgan fingerprint density at radius 1 is 1.38 bits per heavy atom. The van der Waals surface area contributed by atoms with E-state index < -0.39 is 0 Å². The van der Waals surface area contributed by atoms with Crippen molar-refractivity contribution in [2.45, 2.75) is 45.1 Å². The number of rotatable bonds is 5. The maximum absolute atomic E-state index is 12.4. The Bertz CT molecular complexity index is 716. The molecule has 0 radical (unpaired) electrons. The zero-order chi connectivity index (χ0) is 16.5. The summed E-state index contributed by atoms with van der Waals surface area (Å²) in [5.74, 6) is 1.91. The summed E-state index contributed by atoms with van der Waals surface area (Å²) in [7, 11) is 1.90. The fourth-order valence-electron chi connectivity index (χ4n) is 3.94. The van der Waals surface area contributed by atoms with Crippen LogP contribution in [-0.4, -0.2) is 20.7 Å². The molecule has 0 saturated heterocycles. The minimum atomic E-state index is 0.220. The summed E-state index contributed by atoms with van der Waals surface area (Å²) in [6.45, 7) is 0.524. The number of nitrogens with one attached hydrogen (secondary N) is 1. The number of aryl methyl sites for hydroxylation is 1. The lowest BCUT2D eigenvalue weighted by atomic mass is 9.85.